The number of rotatable bonds is 6. The summed E-state index contributed by atoms with van der Waals surface area (Å²) in [5.74, 6) is 0.750. The fourth-order valence-corrected chi connectivity index (χ4v) is 2.00. The minimum absolute atomic E-state index is 0.334. The van der Waals surface area contributed by atoms with E-state index in [-0.39, 0.29) is 0 Å². The van der Waals surface area contributed by atoms with E-state index in [1.807, 2.05) is 6.08 Å². The summed E-state index contributed by atoms with van der Waals surface area (Å²) in [4.78, 5) is 0. The van der Waals surface area contributed by atoms with Gasteiger partial charge in [-0.15, -0.1) is 0 Å². The van der Waals surface area contributed by atoms with Gasteiger partial charge in [-0.2, -0.15) is 0 Å². The van der Waals surface area contributed by atoms with Gasteiger partial charge in [0.2, 0.25) is 0 Å². The van der Waals surface area contributed by atoms with Crippen molar-refractivity contribution in [2.75, 3.05) is 0 Å². The number of nitrogens with two attached hydrogens (primary N) is 1. The lowest BCUT2D eigenvalue weighted by Gasteiger charge is -2.19. The van der Waals surface area contributed by atoms with Crippen LogP contribution in [-0.2, 0) is 0 Å². The van der Waals surface area contributed by atoms with Gasteiger partial charge in [0.1, 0.15) is 0 Å². The van der Waals surface area contributed by atoms with Crippen molar-refractivity contribution in [3.8, 4) is 0 Å². The highest BCUT2D eigenvalue weighted by Crippen LogP contribution is 2.29. The highest BCUT2D eigenvalue weighted by atomic mass is 14.5. The highest BCUT2D eigenvalue weighted by Gasteiger charge is 2.18. The topological polar surface area (TPSA) is 26.0 Å². The van der Waals surface area contributed by atoms with Crippen LogP contribution in [0.3, 0.4) is 0 Å². The minimum Gasteiger partial charge on any atom is -0.405 e. The molecule has 19 heavy (non-hydrogen) atoms. The van der Waals surface area contributed by atoms with Gasteiger partial charge in [0.05, 0.1) is 0 Å². The van der Waals surface area contributed by atoms with Gasteiger partial charge in [-0.3, -0.25) is 0 Å². The van der Waals surface area contributed by atoms with E-state index in [0.717, 1.165) is 6.42 Å². The molecule has 1 unspecified atom stereocenters. The largest absolute Gasteiger partial charge is 0.405 e. The van der Waals surface area contributed by atoms with Gasteiger partial charge < -0.3 is 5.73 Å². The van der Waals surface area contributed by atoms with Gasteiger partial charge in [0.15, 0.2) is 0 Å². The molecule has 1 atom stereocenters. The first-order chi connectivity index (χ1) is 9.06. The van der Waals surface area contributed by atoms with Crippen LogP contribution in [0.5, 0.6) is 0 Å². The Morgan fingerprint density at radius 1 is 1.26 bits per heavy atom. The predicted molar refractivity (Wildman–Crippen MR) is 85.5 cm³/mol. The fraction of sp³-hybridized carbons (Fsp3) is 0.333. The Bertz CT molecular complexity index is 442. The molecule has 0 saturated heterocycles. The number of hydrogen-bond donors (Lipinski definition) is 1. The third-order valence-corrected chi connectivity index (χ3v) is 3.52. The first-order valence-electron chi connectivity index (χ1n) is 6.78. The van der Waals surface area contributed by atoms with Crippen molar-refractivity contribution in [1.82, 2.24) is 0 Å². The lowest BCUT2D eigenvalue weighted by atomic mass is 9.85. The standard InChI is InChI=1S/C18H25N/c1-14(2)15(3)11-12-18(16(4)8-7-13-19)17-9-5-6-10-17/h5-7,9-13,17-18H,4,8,19H2,1-3H3/b12-11-,13-7-. The van der Waals surface area contributed by atoms with E-state index in [9.17, 15) is 0 Å². The lowest BCUT2D eigenvalue weighted by molar-refractivity contribution is 0.635. The van der Waals surface area contributed by atoms with Crippen LogP contribution in [0.2, 0.25) is 0 Å². The van der Waals surface area contributed by atoms with Crippen LogP contribution < -0.4 is 5.73 Å². The second-order valence-corrected chi connectivity index (χ2v) is 5.21. The molecule has 0 radical (unpaired) electrons. The van der Waals surface area contributed by atoms with Crippen LogP contribution >= 0.6 is 0 Å². The van der Waals surface area contributed by atoms with E-state index in [1.165, 1.54) is 16.7 Å². The van der Waals surface area contributed by atoms with Crippen molar-refractivity contribution in [2.24, 2.45) is 17.6 Å². The van der Waals surface area contributed by atoms with E-state index in [4.69, 9.17) is 5.73 Å². The molecule has 0 aromatic carbocycles. The van der Waals surface area contributed by atoms with Gasteiger partial charge in [-0.1, -0.05) is 65.8 Å². The Balaban J connectivity index is 2.87. The van der Waals surface area contributed by atoms with Crippen molar-refractivity contribution in [3.63, 3.8) is 0 Å². The zero-order valence-corrected chi connectivity index (χ0v) is 12.3. The number of allylic oxidation sites excluding steroid dienone is 10. The summed E-state index contributed by atoms with van der Waals surface area (Å²) in [6.07, 6.45) is 17.5. The first kappa shape index (κ1) is 15.3. The lowest BCUT2D eigenvalue weighted by Crippen LogP contribution is -2.09. The normalized spacial score (nSPS) is 16.6. The fourth-order valence-electron chi connectivity index (χ4n) is 2.00. The molecule has 1 aliphatic rings. The van der Waals surface area contributed by atoms with Crippen molar-refractivity contribution in [2.45, 2.75) is 27.2 Å². The predicted octanol–water partition coefficient (Wildman–Crippen LogP) is 4.68. The molecule has 0 aliphatic heterocycles. The minimum atomic E-state index is 0.334. The monoisotopic (exact) mass is 255 g/mol. The molecule has 0 aromatic rings. The Hall–Kier alpha value is -1.76. The van der Waals surface area contributed by atoms with E-state index < -0.39 is 0 Å². The van der Waals surface area contributed by atoms with Crippen LogP contribution in [0.25, 0.3) is 0 Å². The average Bonchev–Trinajstić information content (AvgIpc) is 2.89. The second-order valence-electron chi connectivity index (χ2n) is 5.21. The molecule has 0 bridgehead atoms. The van der Waals surface area contributed by atoms with Crippen LogP contribution in [0.4, 0.5) is 0 Å². The molecule has 0 fully saturated rings. The molecule has 2 N–H and O–H groups in total. The number of hydrogen-bond acceptors (Lipinski definition) is 1. The van der Waals surface area contributed by atoms with E-state index >= 15 is 0 Å². The van der Waals surface area contributed by atoms with Crippen LogP contribution in [0, 0.1) is 11.8 Å². The van der Waals surface area contributed by atoms with E-state index in [2.05, 4.69) is 63.8 Å². The maximum atomic E-state index is 5.42. The summed E-state index contributed by atoms with van der Waals surface area (Å²) in [7, 11) is 0. The molecule has 1 nitrogen and oxygen atoms in total. The summed E-state index contributed by atoms with van der Waals surface area (Å²) in [6.45, 7) is 10.6. The molecule has 0 amide bonds. The zero-order chi connectivity index (χ0) is 14.3. The smallest absolute Gasteiger partial charge is 0.00782 e. The van der Waals surface area contributed by atoms with Crippen molar-refractivity contribution in [3.05, 3.63) is 72.0 Å². The molecule has 1 heteroatoms. The quantitative estimate of drug-likeness (QED) is 0.541. The second kappa shape index (κ2) is 7.63. The highest BCUT2D eigenvalue weighted by molar-refractivity contribution is 5.30. The van der Waals surface area contributed by atoms with Gasteiger partial charge in [0.25, 0.3) is 0 Å². The Morgan fingerprint density at radius 3 is 2.42 bits per heavy atom. The third-order valence-electron chi connectivity index (χ3n) is 3.52. The van der Waals surface area contributed by atoms with Gasteiger partial charge >= 0.3 is 0 Å². The molecular weight excluding hydrogens is 230 g/mol. The van der Waals surface area contributed by atoms with Crippen molar-refractivity contribution < 1.29 is 0 Å². The molecule has 0 spiro atoms. The Kier molecular flexibility index (Phi) is 6.14. The summed E-state index contributed by atoms with van der Waals surface area (Å²) >= 11 is 0. The van der Waals surface area contributed by atoms with Gasteiger partial charge in [-0.25, -0.2) is 0 Å². The van der Waals surface area contributed by atoms with Gasteiger partial charge in [-0.05, 0) is 33.4 Å². The maximum absolute atomic E-state index is 5.42. The van der Waals surface area contributed by atoms with E-state index in [0.29, 0.717) is 11.8 Å². The van der Waals surface area contributed by atoms with Crippen LogP contribution in [-0.4, -0.2) is 0 Å². The summed E-state index contributed by atoms with van der Waals surface area (Å²) in [5, 5.41) is 0. The first-order valence-corrected chi connectivity index (χ1v) is 6.78. The van der Waals surface area contributed by atoms with Crippen LogP contribution in [0.1, 0.15) is 27.2 Å². The van der Waals surface area contributed by atoms with Crippen molar-refractivity contribution in [1.29, 1.82) is 0 Å². The molecule has 1 rings (SSSR count). The van der Waals surface area contributed by atoms with E-state index in [1.54, 1.807) is 6.20 Å². The third kappa shape index (κ3) is 4.78. The maximum Gasteiger partial charge on any atom is 0.00782 e. The Labute approximate surface area is 117 Å². The molecule has 1 aliphatic carbocycles. The average molecular weight is 255 g/mol. The summed E-state index contributed by atoms with van der Waals surface area (Å²) < 4.78 is 0. The molecule has 0 saturated carbocycles. The summed E-state index contributed by atoms with van der Waals surface area (Å²) in [5.41, 5.74) is 9.28. The molecule has 0 aromatic heterocycles. The molecule has 0 heterocycles. The van der Waals surface area contributed by atoms with Crippen LogP contribution in [0.15, 0.2) is 72.0 Å². The summed E-state index contributed by atoms with van der Waals surface area (Å²) in [6, 6.07) is 0. The Morgan fingerprint density at radius 2 is 1.89 bits per heavy atom. The van der Waals surface area contributed by atoms with Crippen molar-refractivity contribution >= 4 is 0 Å². The zero-order valence-electron chi connectivity index (χ0n) is 12.3. The SMILES string of the molecule is C=C(C/C=C\N)C(/C=C\C(C)=C(C)C)C1C=CC=C1. The van der Waals surface area contributed by atoms with Gasteiger partial charge in [0, 0.05) is 11.8 Å². The molecular formula is C18H25N. The molecule has 102 valence electrons.